The molecule has 26 heavy (non-hydrogen) atoms. The summed E-state index contributed by atoms with van der Waals surface area (Å²) in [6.07, 6.45) is -0.737. The van der Waals surface area contributed by atoms with E-state index in [1.54, 1.807) is 7.05 Å². The highest BCUT2D eigenvalue weighted by molar-refractivity contribution is 5.79. The van der Waals surface area contributed by atoms with E-state index in [1.807, 2.05) is 6.07 Å². The highest BCUT2D eigenvalue weighted by Crippen LogP contribution is 2.37. The van der Waals surface area contributed by atoms with Gasteiger partial charge in [0.25, 0.3) is 0 Å². The number of guanidine groups is 1. The Kier molecular flexibility index (Phi) is 7.34. The van der Waals surface area contributed by atoms with Crippen LogP contribution in [-0.2, 0) is 6.54 Å². The van der Waals surface area contributed by atoms with Crippen molar-refractivity contribution in [2.45, 2.75) is 77.1 Å². The monoisotopic (exact) mass is 374 g/mol. The Labute approximate surface area is 152 Å². The molecule has 8 heteroatoms. The second-order valence-electron chi connectivity index (χ2n) is 6.89. The van der Waals surface area contributed by atoms with Crippen LogP contribution in [0.25, 0.3) is 0 Å². The summed E-state index contributed by atoms with van der Waals surface area (Å²) in [6.45, 7) is 4.69. The van der Waals surface area contributed by atoms with Crippen molar-refractivity contribution in [1.82, 2.24) is 15.8 Å². The second kappa shape index (κ2) is 9.28. The number of aromatic nitrogens is 1. The van der Waals surface area contributed by atoms with E-state index in [0.717, 1.165) is 24.3 Å². The predicted molar refractivity (Wildman–Crippen MR) is 95.0 cm³/mol. The molecule has 1 aromatic rings. The minimum atomic E-state index is -4.08. The predicted octanol–water partition coefficient (Wildman–Crippen LogP) is 4.36. The van der Waals surface area contributed by atoms with Gasteiger partial charge in [0.2, 0.25) is 0 Å². The van der Waals surface area contributed by atoms with E-state index in [1.165, 1.54) is 0 Å². The lowest BCUT2D eigenvalue weighted by Gasteiger charge is -2.31. The zero-order valence-corrected chi connectivity index (χ0v) is 15.7. The van der Waals surface area contributed by atoms with E-state index < -0.39 is 12.1 Å². The topological polar surface area (TPSA) is 62.5 Å². The Morgan fingerprint density at radius 2 is 1.92 bits per heavy atom. The summed E-state index contributed by atoms with van der Waals surface area (Å²) in [4.78, 5) is 4.15. The quantitative estimate of drug-likeness (QED) is 0.574. The molecule has 0 unspecified atom stereocenters. The number of rotatable bonds is 6. The van der Waals surface area contributed by atoms with Crippen LogP contribution in [0.4, 0.5) is 13.2 Å². The van der Waals surface area contributed by atoms with Gasteiger partial charge in [-0.05, 0) is 38.5 Å². The molecule has 2 N–H and O–H groups in total. The van der Waals surface area contributed by atoms with Crippen molar-refractivity contribution in [2.24, 2.45) is 10.9 Å². The molecule has 1 aliphatic rings. The first-order valence-electron chi connectivity index (χ1n) is 9.36. The molecule has 5 nitrogen and oxygen atoms in total. The molecule has 0 bridgehead atoms. The van der Waals surface area contributed by atoms with Crippen LogP contribution in [-0.4, -0.2) is 30.4 Å². The fraction of sp³-hybridized carbons (Fsp3) is 0.778. The van der Waals surface area contributed by atoms with Crippen LogP contribution in [0.15, 0.2) is 15.6 Å². The Balaban J connectivity index is 1.80. The SMILES string of the molecule is CCC(CC)c1cc(CNC(=NC)NC2CCC(C(F)(F)F)CC2)on1. The van der Waals surface area contributed by atoms with Crippen molar-refractivity contribution in [3.63, 3.8) is 0 Å². The van der Waals surface area contributed by atoms with Gasteiger partial charge in [-0.25, -0.2) is 0 Å². The molecule has 1 fully saturated rings. The van der Waals surface area contributed by atoms with Gasteiger partial charge in [0, 0.05) is 25.1 Å². The van der Waals surface area contributed by atoms with E-state index in [2.05, 4.69) is 34.6 Å². The average molecular weight is 374 g/mol. The third kappa shape index (κ3) is 5.64. The molecule has 0 aliphatic heterocycles. The minimum absolute atomic E-state index is 0.00894. The number of aliphatic imine (C=N–C) groups is 1. The van der Waals surface area contributed by atoms with Gasteiger partial charge in [-0.2, -0.15) is 13.2 Å². The lowest BCUT2D eigenvalue weighted by atomic mass is 9.85. The van der Waals surface area contributed by atoms with Crippen LogP contribution in [0.3, 0.4) is 0 Å². The number of nitrogens with one attached hydrogen (secondary N) is 2. The zero-order chi connectivity index (χ0) is 19.2. The molecule has 0 amide bonds. The number of alkyl halides is 3. The number of halogens is 3. The normalized spacial score (nSPS) is 21.9. The summed E-state index contributed by atoms with van der Waals surface area (Å²) in [5, 5.41) is 10.5. The van der Waals surface area contributed by atoms with Gasteiger partial charge in [-0.3, -0.25) is 4.99 Å². The summed E-state index contributed by atoms with van der Waals surface area (Å²) in [6, 6.07) is 1.96. The molecular formula is C18H29F3N4O. The third-order valence-corrected chi connectivity index (χ3v) is 5.17. The van der Waals surface area contributed by atoms with Crippen molar-refractivity contribution in [3.05, 3.63) is 17.5 Å². The van der Waals surface area contributed by atoms with Crippen LogP contribution in [0.1, 0.15) is 69.7 Å². The molecule has 0 saturated heterocycles. The fourth-order valence-corrected chi connectivity index (χ4v) is 3.44. The van der Waals surface area contributed by atoms with E-state index in [9.17, 15) is 13.2 Å². The molecule has 0 aromatic carbocycles. The van der Waals surface area contributed by atoms with Gasteiger partial charge in [0.15, 0.2) is 11.7 Å². The molecular weight excluding hydrogens is 345 g/mol. The molecule has 0 atom stereocenters. The molecule has 0 radical (unpaired) electrons. The van der Waals surface area contributed by atoms with Crippen LogP contribution in [0.5, 0.6) is 0 Å². The number of nitrogens with zero attached hydrogens (tertiary/aromatic N) is 2. The maximum atomic E-state index is 12.7. The molecule has 1 aromatic heterocycles. The maximum Gasteiger partial charge on any atom is 0.391 e. The number of hydrogen-bond donors (Lipinski definition) is 2. The van der Waals surface area contributed by atoms with E-state index in [0.29, 0.717) is 31.3 Å². The molecule has 2 rings (SSSR count). The van der Waals surface area contributed by atoms with Crippen molar-refractivity contribution in [2.75, 3.05) is 7.05 Å². The Bertz CT molecular complexity index is 573. The van der Waals surface area contributed by atoms with E-state index in [4.69, 9.17) is 4.52 Å². The summed E-state index contributed by atoms with van der Waals surface area (Å²) in [7, 11) is 1.65. The first-order chi connectivity index (χ1) is 12.4. The van der Waals surface area contributed by atoms with Gasteiger partial charge in [-0.1, -0.05) is 19.0 Å². The first kappa shape index (κ1) is 20.6. The van der Waals surface area contributed by atoms with Crippen LogP contribution >= 0.6 is 0 Å². The summed E-state index contributed by atoms with van der Waals surface area (Å²) in [5.41, 5.74) is 0.959. The van der Waals surface area contributed by atoms with Gasteiger partial charge < -0.3 is 15.2 Å². The molecule has 1 heterocycles. The van der Waals surface area contributed by atoms with Gasteiger partial charge in [0.1, 0.15) is 0 Å². The summed E-state index contributed by atoms with van der Waals surface area (Å²) in [5.74, 6) is 0.513. The van der Waals surface area contributed by atoms with Crippen LogP contribution < -0.4 is 10.6 Å². The highest BCUT2D eigenvalue weighted by atomic mass is 19.4. The number of hydrogen-bond acceptors (Lipinski definition) is 3. The Morgan fingerprint density at radius 1 is 1.27 bits per heavy atom. The highest BCUT2D eigenvalue weighted by Gasteiger charge is 2.41. The average Bonchev–Trinajstić information content (AvgIpc) is 3.08. The Morgan fingerprint density at radius 3 is 2.46 bits per heavy atom. The third-order valence-electron chi connectivity index (χ3n) is 5.17. The van der Waals surface area contributed by atoms with Crippen molar-refractivity contribution < 1.29 is 17.7 Å². The van der Waals surface area contributed by atoms with E-state index in [-0.39, 0.29) is 18.9 Å². The first-order valence-corrected chi connectivity index (χ1v) is 9.36. The van der Waals surface area contributed by atoms with Crippen LogP contribution in [0, 0.1) is 5.92 Å². The molecule has 1 saturated carbocycles. The fourth-order valence-electron chi connectivity index (χ4n) is 3.44. The molecule has 1 aliphatic carbocycles. The smallest absolute Gasteiger partial charge is 0.359 e. The van der Waals surface area contributed by atoms with Gasteiger partial charge in [-0.15, -0.1) is 0 Å². The second-order valence-corrected chi connectivity index (χ2v) is 6.89. The van der Waals surface area contributed by atoms with Crippen molar-refractivity contribution in [1.29, 1.82) is 0 Å². The maximum absolute atomic E-state index is 12.7. The lowest BCUT2D eigenvalue weighted by molar-refractivity contribution is -0.182. The van der Waals surface area contributed by atoms with E-state index >= 15 is 0 Å². The van der Waals surface area contributed by atoms with Gasteiger partial charge in [0.05, 0.1) is 18.2 Å². The summed E-state index contributed by atoms with van der Waals surface area (Å²) >= 11 is 0. The van der Waals surface area contributed by atoms with Crippen molar-refractivity contribution >= 4 is 5.96 Å². The zero-order valence-electron chi connectivity index (χ0n) is 15.7. The standard InChI is InChI=1S/C18H29F3N4O/c1-4-12(5-2)16-10-15(26-25-16)11-23-17(22-3)24-14-8-6-13(7-9-14)18(19,20)21/h10,12-14H,4-9,11H2,1-3H3,(H2,22,23,24). The Hall–Kier alpha value is -1.73. The largest absolute Gasteiger partial charge is 0.391 e. The van der Waals surface area contributed by atoms with Crippen LogP contribution in [0.2, 0.25) is 0 Å². The van der Waals surface area contributed by atoms with Gasteiger partial charge >= 0.3 is 6.18 Å². The molecule has 0 spiro atoms. The summed E-state index contributed by atoms with van der Waals surface area (Å²) < 4.78 is 43.6. The van der Waals surface area contributed by atoms with Crippen molar-refractivity contribution in [3.8, 4) is 0 Å². The minimum Gasteiger partial charge on any atom is -0.359 e. The lowest BCUT2D eigenvalue weighted by Crippen LogP contribution is -2.45. The molecule has 148 valence electrons.